The summed E-state index contributed by atoms with van der Waals surface area (Å²) in [5.74, 6) is -1.20. The first-order valence-electron chi connectivity index (χ1n) is 10.6. The molecule has 7 heteroatoms. The maximum absolute atomic E-state index is 13.3. The third-order valence-electron chi connectivity index (χ3n) is 5.31. The van der Waals surface area contributed by atoms with Gasteiger partial charge in [0.2, 0.25) is 5.91 Å². The lowest BCUT2D eigenvalue weighted by Gasteiger charge is -2.11. The van der Waals surface area contributed by atoms with Crippen LogP contribution in [0.5, 0.6) is 0 Å². The van der Waals surface area contributed by atoms with Crippen LogP contribution in [0, 0.1) is 0 Å². The van der Waals surface area contributed by atoms with Crippen molar-refractivity contribution in [3.63, 3.8) is 0 Å². The monoisotopic (exact) mass is 440 g/mol. The zero-order valence-electron chi connectivity index (χ0n) is 18.0. The number of carbonyl (C=O) groups is 3. The molecule has 0 bridgehead atoms. The van der Waals surface area contributed by atoms with Crippen molar-refractivity contribution in [3.05, 3.63) is 102 Å². The van der Waals surface area contributed by atoms with Gasteiger partial charge in [0.25, 0.3) is 11.8 Å². The summed E-state index contributed by atoms with van der Waals surface area (Å²) >= 11 is 0. The average Bonchev–Trinajstić information content (AvgIpc) is 3.18. The van der Waals surface area contributed by atoms with Crippen molar-refractivity contribution in [2.75, 3.05) is 11.9 Å². The normalized spacial score (nSPS) is 10.7. The topological polar surface area (TPSA) is 106 Å². The summed E-state index contributed by atoms with van der Waals surface area (Å²) in [5, 5.41) is 6.35. The zero-order chi connectivity index (χ0) is 23.2. The van der Waals surface area contributed by atoms with Crippen molar-refractivity contribution < 1.29 is 14.4 Å². The Bertz CT molecular complexity index is 1310. The van der Waals surface area contributed by atoms with E-state index >= 15 is 0 Å². The van der Waals surface area contributed by atoms with Crippen LogP contribution in [0.15, 0.2) is 85.1 Å². The number of nitrogens with one attached hydrogen (secondary N) is 2. The molecule has 4 N–H and O–H groups in total. The highest BCUT2D eigenvalue weighted by Gasteiger charge is 2.18. The number of primary amides is 1. The second kappa shape index (κ2) is 9.82. The number of amides is 3. The lowest BCUT2D eigenvalue weighted by atomic mass is 10.1. The molecule has 1 heterocycles. The van der Waals surface area contributed by atoms with Crippen LogP contribution in [0.1, 0.15) is 32.7 Å². The van der Waals surface area contributed by atoms with Crippen molar-refractivity contribution in [1.29, 1.82) is 0 Å². The van der Waals surface area contributed by atoms with Crippen molar-refractivity contribution in [2.45, 2.75) is 13.0 Å². The van der Waals surface area contributed by atoms with E-state index in [1.807, 2.05) is 65.4 Å². The van der Waals surface area contributed by atoms with Gasteiger partial charge in [-0.2, -0.15) is 0 Å². The molecule has 0 fully saturated rings. The van der Waals surface area contributed by atoms with E-state index < -0.39 is 11.8 Å². The van der Waals surface area contributed by atoms with Gasteiger partial charge in [0.05, 0.1) is 16.8 Å². The van der Waals surface area contributed by atoms with Crippen molar-refractivity contribution in [1.82, 2.24) is 9.88 Å². The smallest absolute Gasteiger partial charge is 0.257 e. The van der Waals surface area contributed by atoms with E-state index in [0.29, 0.717) is 23.4 Å². The Morgan fingerprint density at radius 3 is 2.27 bits per heavy atom. The van der Waals surface area contributed by atoms with Crippen LogP contribution >= 0.6 is 0 Å². The molecule has 3 aromatic carbocycles. The fraction of sp³-hybridized carbons (Fsp3) is 0.115. The fourth-order valence-corrected chi connectivity index (χ4v) is 3.71. The van der Waals surface area contributed by atoms with Gasteiger partial charge in [-0.1, -0.05) is 60.7 Å². The lowest BCUT2D eigenvalue weighted by Crippen LogP contribution is -2.28. The number of anilines is 1. The van der Waals surface area contributed by atoms with E-state index in [4.69, 9.17) is 5.73 Å². The molecule has 4 rings (SSSR count). The summed E-state index contributed by atoms with van der Waals surface area (Å²) in [4.78, 5) is 36.7. The molecule has 1 aromatic heterocycles. The number of hydrogen-bond acceptors (Lipinski definition) is 3. The number of fused-ring (bicyclic) bond motifs is 1. The minimum Gasteiger partial charge on any atom is -0.370 e. The molecule has 7 nitrogen and oxygen atoms in total. The number of rotatable bonds is 8. The first-order chi connectivity index (χ1) is 16.0. The Balaban J connectivity index is 1.59. The van der Waals surface area contributed by atoms with E-state index in [9.17, 15) is 14.4 Å². The quantitative estimate of drug-likeness (QED) is 0.390. The standard InChI is InChI=1S/C26H24N4O3/c27-24(31)14-15-28-25(32)20-11-4-6-12-22(20)29-26(33)21-17-30(16-18-8-2-1-3-9-18)23-13-7-5-10-19(21)23/h1-13,17H,14-16H2,(H2,27,31)(H,28,32)(H,29,33). The number of carbonyl (C=O) groups excluding carboxylic acids is 3. The average molecular weight is 441 g/mol. The first kappa shape index (κ1) is 21.8. The second-order valence-corrected chi connectivity index (χ2v) is 7.65. The van der Waals surface area contributed by atoms with Gasteiger partial charge in [-0.05, 0) is 23.8 Å². The van der Waals surface area contributed by atoms with Crippen LogP contribution in [0.25, 0.3) is 10.9 Å². The highest BCUT2D eigenvalue weighted by Crippen LogP contribution is 2.24. The summed E-state index contributed by atoms with van der Waals surface area (Å²) in [6, 6.07) is 24.5. The predicted molar refractivity (Wildman–Crippen MR) is 128 cm³/mol. The third-order valence-corrected chi connectivity index (χ3v) is 5.31. The van der Waals surface area contributed by atoms with Gasteiger partial charge in [-0.15, -0.1) is 0 Å². The third kappa shape index (κ3) is 5.10. The van der Waals surface area contributed by atoms with E-state index in [1.54, 1.807) is 24.3 Å². The molecule has 0 radical (unpaired) electrons. The summed E-state index contributed by atoms with van der Waals surface area (Å²) < 4.78 is 2.04. The molecule has 166 valence electrons. The Hall–Kier alpha value is -4.39. The first-order valence-corrected chi connectivity index (χ1v) is 10.6. The van der Waals surface area contributed by atoms with Crippen LogP contribution in [-0.4, -0.2) is 28.8 Å². The van der Waals surface area contributed by atoms with Gasteiger partial charge in [0.15, 0.2) is 0 Å². The summed E-state index contributed by atoms with van der Waals surface area (Å²) in [7, 11) is 0. The van der Waals surface area contributed by atoms with Crippen molar-refractivity contribution >= 4 is 34.3 Å². The molecule has 0 aliphatic rings. The van der Waals surface area contributed by atoms with Crippen molar-refractivity contribution in [2.24, 2.45) is 5.73 Å². The Kier molecular flexibility index (Phi) is 6.50. The second-order valence-electron chi connectivity index (χ2n) is 7.65. The molecular formula is C26H24N4O3. The van der Waals surface area contributed by atoms with Gasteiger partial charge in [0, 0.05) is 36.6 Å². The molecule has 4 aromatic rings. The Morgan fingerprint density at radius 2 is 1.48 bits per heavy atom. The number of hydrogen-bond donors (Lipinski definition) is 3. The number of para-hydroxylation sites is 2. The molecular weight excluding hydrogens is 416 g/mol. The van der Waals surface area contributed by atoms with Gasteiger partial charge < -0.3 is 20.9 Å². The molecule has 3 amide bonds. The van der Waals surface area contributed by atoms with Crippen LogP contribution in [0.3, 0.4) is 0 Å². The number of nitrogens with two attached hydrogens (primary N) is 1. The molecule has 33 heavy (non-hydrogen) atoms. The highest BCUT2D eigenvalue weighted by molar-refractivity contribution is 6.15. The molecule has 0 aliphatic heterocycles. The Labute approximate surface area is 191 Å². The lowest BCUT2D eigenvalue weighted by molar-refractivity contribution is -0.117. The minimum atomic E-state index is -0.496. The van der Waals surface area contributed by atoms with Crippen LogP contribution in [0.2, 0.25) is 0 Å². The van der Waals surface area contributed by atoms with E-state index in [-0.39, 0.29) is 18.9 Å². The van der Waals surface area contributed by atoms with Gasteiger partial charge >= 0.3 is 0 Å². The van der Waals surface area contributed by atoms with E-state index in [0.717, 1.165) is 16.5 Å². The predicted octanol–water partition coefficient (Wildman–Crippen LogP) is 3.55. The summed E-state index contributed by atoms with van der Waals surface area (Å²) in [6.07, 6.45) is 1.88. The van der Waals surface area contributed by atoms with Crippen LogP contribution in [0.4, 0.5) is 5.69 Å². The molecule has 0 atom stereocenters. The van der Waals surface area contributed by atoms with Gasteiger partial charge in [-0.3, -0.25) is 14.4 Å². The van der Waals surface area contributed by atoms with Crippen LogP contribution in [-0.2, 0) is 11.3 Å². The van der Waals surface area contributed by atoms with E-state index in [2.05, 4.69) is 10.6 Å². The molecule has 0 saturated carbocycles. The minimum absolute atomic E-state index is 0.0428. The fourth-order valence-electron chi connectivity index (χ4n) is 3.71. The number of benzene rings is 3. The molecule has 0 saturated heterocycles. The zero-order valence-corrected chi connectivity index (χ0v) is 18.0. The molecule has 0 aliphatic carbocycles. The summed E-state index contributed by atoms with van der Waals surface area (Å²) in [6.45, 7) is 0.761. The van der Waals surface area contributed by atoms with Crippen LogP contribution < -0.4 is 16.4 Å². The maximum Gasteiger partial charge on any atom is 0.257 e. The number of aromatic nitrogens is 1. The van der Waals surface area contributed by atoms with Gasteiger partial charge in [0.1, 0.15) is 0 Å². The SMILES string of the molecule is NC(=O)CCNC(=O)c1ccccc1NC(=O)c1cn(Cc2ccccc2)c2ccccc12. The molecule has 0 unspecified atom stereocenters. The Morgan fingerprint density at radius 1 is 0.788 bits per heavy atom. The van der Waals surface area contributed by atoms with Crippen molar-refractivity contribution in [3.8, 4) is 0 Å². The highest BCUT2D eigenvalue weighted by atomic mass is 16.2. The number of nitrogens with zero attached hydrogens (tertiary/aromatic N) is 1. The summed E-state index contributed by atoms with van der Waals surface area (Å²) in [5.41, 5.74) is 8.42. The maximum atomic E-state index is 13.3. The van der Waals surface area contributed by atoms with E-state index in [1.165, 1.54) is 0 Å². The van der Waals surface area contributed by atoms with Gasteiger partial charge in [-0.25, -0.2) is 0 Å². The largest absolute Gasteiger partial charge is 0.370 e. The molecule has 0 spiro atoms.